The van der Waals surface area contributed by atoms with Crippen molar-refractivity contribution in [3.63, 3.8) is 0 Å². The molecule has 1 aliphatic heterocycles. The molecule has 0 saturated carbocycles. The Morgan fingerprint density at radius 1 is 1.12 bits per heavy atom. The van der Waals surface area contributed by atoms with Crippen molar-refractivity contribution in [2.45, 2.75) is 13.5 Å². The van der Waals surface area contributed by atoms with Crippen molar-refractivity contribution in [2.75, 3.05) is 45.4 Å². The number of nitrogens with zero attached hydrogens (tertiary/aromatic N) is 5. The van der Waals surface area contributed by atoms with Gasteiger partial charge in [-0.15, -0.1) is 0 Å². The van der Waals surface area contributed by atoms with Crippen molar-refractivity contribution in [1.82, 2.24) is 25.3 Å². The van der Waals surface area contributed by atoms with Crippen LogP contribution < -0.4 is 19.7 Å². The Bertz CT molecular complexity index is 1130. The molecule has 3 aromatic rings. The SMILES string of the molecule is COc1ccc(CNC(=O)c2nc(-c3cncc(C)c3)cnc2N2CCOCC2)nc1OC. The second-order valence-electron chi connectivity index (χ2n) is 7.47. The van der Waals surface area contributed by atoms with E-state index in [0.29, 0.717) is 55.1 Å². The lowest BCUT2D eigenvalue weighted by Crippen LogP contribution is -2.39. The molecule has 0 radical (unpaired) electrons. The number of ether oxygens (including phenoxy) is 3. The monoisotopic (exact) mass is 450 g/mol. The van der Waals surface area contributed by atoms with Crippen LogP contribution in [0.15, 0.2) is 36.8 Å². The van der Waals surface area contributed by atoms with Gasteiger partial charge >= 0.3 is 0 Å². The van der Waals surface area contributed by atoms with Gasteiger partial charge in [-0.1, -0.05) is 0 Å². The molecule has 0 bridgehead atoms. The van der Waals surface area contributed by atoms with Gasteiger partial charge in [0.1, 0.15) is 0 Å². The van der Waals surface area contributed by atoms with Gasteiger partial charge in [0.25, 0.3) is 11.8 Å². The third kappa shape index (κ3) is 5.17. The van der Waals surface area contributed by atoms with E-state index in [0.717, 1.165) is 11.1 Å². The molecule has 33 heavy (non-hydrogen) atoms. The topological polar surface area (TPSA) is 112 Å². The summed E-state index contributed by atoms with van der Waals surface area (Å²) in [4.78, 5) is 33.1. The molecule has 0 aliphatic carbocycles. The van der Waals surface area contributed by atoms with Crippen LogP contribution in [0.5, 0.6) is 11.6 Å². The van der Waals surface area contributed by atoms with Gasteiger partial charge in [0.05, 0.1) is 51.6 Å². The van der Waals surface area contributed by atoms with Crippen LogP contribution >= 0.6 is 0 Å². The van der Waals surface area contributed by atoms with Crippen molar-refractivity contribution < 1.29 is 19.0 Å². The van der Waals surface area contributed by atoms with Gasteiger partial charge in [0.15, 0.2) is 17.3 Å². The summed E-state index contributed by atoms with van der Waals surface area (Å²) in [5, 5.41) is 2.90. The van der Waals surface area contributed by atoms with Crippen molar-refractivity contribution in [3.05, 3.63) is 53.7 Å². The van der Waals surface area contributed by atoms with Gasteiger partial charge in [0.2, 0.25) is 0 Å². The Morgan fingerprint density at radius 2 is 1.94 bits per heavy atom. The lowest BCUT2D eigenvalue weighted by Gasteiger charge is -2.28. The summed E-state index contributed by atoms with van der Waals surface area (Å²) in [5.41, 5.74) is 3.25. The number of carbonyl (C=O) groups is 1. The number of aryl methyl sites for hydroxylation is 1. The molecule has 0 spiro atoms. The largest absolute Gasteiger partial charge is 0.491 e. The lowest BCUT2D eigenvalue weighted by atomic mass is 10.1. The first kappa shape index (κ1) is 22.4. The minimum absolute atomic E-state index is 0.194. The maximum atomic E-state index is 13.2. The van der Waals surface area contributed by atoms with Gasteiger partial charge in [-0.3, -0.25) is 9.78 Å². The molecule has 1 fully saturated rings. The van der Waals surface area contributed by atoms with Crippen LogP contribution in [-0.2, 0) is 11.3 Å². The maximum Gasteiger partial charge on any atom is 0.274 e. The third-order valence-corrected chi connectivity index (χ3v) is 5.18. The summed E-state index contributed by atoms with van der Waals surface area (Å²) in [6.45, 7) is 4.56. The van der Waals surface area contributed by atoms with Gasteiger partial charge in [-0.2, -0.15) is 0 Å². The molecule has 0 unspecified atom stereocenters. The van der Waals surface area contributed by atoms with Crippen LogP contribution in [0.2, 0.25) is 0 Å². The van der Waals surface area contributed by atoms with Crippen LogP contribution in [0.3, 0.4) is 0 Å². The number of nitrogens with one attached hydrogen (secondary N) is 1. The third-order valence-electron chi connectivity index (χ3n) is 5.18. The Labute approximate surface area is 192 Å². The van der Waals surface area contributed by atoms with Gasteiger partial charge < -0.3 is 24.4 Å². The van der Waals surface area contributed by atoms with E-state index < -0.39 is 0 Å². The molecule has 1 saturated heterocycles. The van der Waals surface area contributed by atoms with Gasteiger partial charge in [-0.05, 0) is 30.7 Å². The molecule has 0 aromatic carbocycles. The summed E-state index contributed by atoms with van der Waals surface area (Å²) in [5.74, 6) is 1.06. The highest BCUT2D eigenvalue weighted by molar-refractivity contribution is 5.97. The minimum atomic E-state index is -0.344. The van der Waals surface area contributed by atoms with E-state index in [1.54, 1.807) is 37.8 Å². The van der Waals surface area contributed by atoms with Crippen LogP contribution in [0, 0.1) is 6.92 Å². The molecule has 1 amide bonds. The summed E-state index contributed by atoms with van der Waals surface area (Å²) in [6, 6.07) is 5.48. The zero-order valence-corrected chi connectivity index (χ0v) is 18.9. The average Bonchev–Trinajstić information content (AvgIpc) is 2.87. The van der Waals surface area contributed by atoms with Gasteiger partial charge in [0, 0.05) is 31.0 Å². The maximum absolute atomic E-state index is 13.2. The first-order valence-corrected chi connectivity index (χ1v) is 10.6. The van der Waals surface area contributed by atoms with Crippen molar-refractivity contribution >= 4 is 11.7 Å². The first-order valence-electron chi connectivity index (χ1n) is 10.6. The highest BCUT2D eigenvalue weighted by Gasteiger charge is 2.23. The second-order valence-corrected chi connectivity index (χ2v) is 7.47. The molecule has 10 heteroatoms. The van der Waals surface area contributed by atoms with E-state index in [4.69, 9.17) is 14.2 Å². The smallest absolute Gasteiger partial charge is 0.274 e. The fourth-order valence-electron chi connectivity index (χ4n) is 3.50. The molecule has 10 nitrogen and oxygen atoms in total. The molecule has 0 atom stereocenters. The molecule has 172 valence electrons. The number of rotatable bonds is 7. The molecule has 4 rings (SSSR count). The summed E-state index contributed by atoms with van der Waals surface area (Å²) in [7, 11) is 3.06. The Morgan fingerprint density at radius 3 is 2.67 bits per heavy atom. The predicted molar refractivity (Wildman–Crippen MR) is 122 cm³/mol. The fourth-order valence-corrected chi connectivity index (χ4v) is 3.50. The zero-order chi connectivity index (χ0) is 23.2. The van der Waals surface area contributed by atoms with Crippen molar-refractivity contribution in [2.24, 2.45) is 0 Å². The molecular formula is C23H26N6O4. The summed E-state index contributed by atoms with van der Waals surface area (Å²) >= 11 is 0. The van der Waals surface area contributed by atoms with Crippen molar-refractivity contribution in [3.8, 4) is 22.9 Å². The number of hydrogen-bond acceptors (Lipinski definition) is 9. The molecule has 1 N–H and O–H groups in total. The van der Waals surface area contributed by atoms with Gasteiger partial charge in [-0.25, -0.2) is 15.0 Å². The lowest BCUT2D eigenvalue weighted by molar-refractivity contribution is 0.0943. The Balaban J connectivity index is 1.61. The van der Waals surface area contributed by atoms with Crippen LogP contribution in [-0.4, -0.2) is 66.4 Å². The molecular weight excluding hydrogens is 424 g/mol. The highest BCUT2D eigenvalue weighted by Crippen LogP contribution is 2.25. The highest BCUT2D eigenvalue weighted by atomic mass is 16.5. The normalized spacial score (nSPS) is 13.5. The van der Waals surface area contributed by atoms with E-state index >= 15 is 0 Å². The number of morpholine rings is 1. The number of anilines is 1. The number of amides is 1. The van der Waals surface area contributed by atoms with E-state index in [2.05, 4.69) is 25.3 Å². The van der Waals surface area contributed by atoms with Crippen LogP contribution in [0.1, 0.15) is 21.7 Å². The van der Waals surface area contributed by atoms with E-state index in [1.165, 1.54) is 7.11 Å². The zero-order valence-electron chi connectivity index (χ0n) is 18.9. The Kier molecular flexibility index (Phi) is 6.94. The standard InChI is InChI=1S/C23H26N6O4/c1-15-10-16(12-24-11-15)18-14-25-21(29-6-8-33-9-7-29)20(28-18)22(30)26-13-17-4-5-19(31-2)23(27-17)32-3/h4-5,10-12,14H,6-9,13H2,1-3H3,(H,26,30). The number of aromatic nitrogens is 4. The van der Waals surface area contributed by atoms with E-state index in [1.807, 2.05) is 17.9 Å². The first-order chi connectivity index (χ1) is 16.1. The number of methoxy groups -OCH3 is 2. The van der Waals surface area contributed by atoms with E-state index in [-0.39, 0.29) is 18.1 Å². The predicted octanol–water partition coefficient (Wildman–Crippen LogP) is 2.03. The summed E-state index contributed by atoms with van der Waals surface area (Å²) < 4.78 is 15.9. The number of pyridine rings is 2. The molecule has 4 heterocycles. The van der Waals surface area contributed by atoms with Crippen LogP contribution in [0.4, 0.5) is 5.82 Å². The van der Waals surface area contributed by atoms with Crippen LogP contribution in [0.25, 0.3) is 11.3 Å². The number of carbonyl (C=O) groups excluding carboxylic acids is 1. The second kappa shape index (κ2) is 10.2. The minimum Gasteiger partial charge on any atom is -0.491 e. The molecule has 1 aliphatic rings. The number of hydrogen-bond donors (Lipinski definition) is 1. The molecule has 3 aromatic heterocycles. The fraction of sp³-hybridized carbons (Fsp3) is 0.348. The van der Waals surface area contributed by atoms with Crippen molar-refractivity contribution in [1.29, 1.82) is 0 Å². The quantitative estimate of drug-likeness (QED) is 0.578. The summed E-state index contributed by atoms with van der Waals surface area (Å²) in [6.07, 6.45) is 5.15. The average molecular weight is 450 g/mol. The van der Waals surface area contributed by atoms with E-state index in [9.17, 15) is 4.79 Å². The Hall–Kier alpha value is -3.79.